The predicted octanol–water partition coefficient (Wildman–Crippen LogP) is 3.86. The van der Waals surface area contributed by atoms with E-state index in [1.165, 1.54) is 19.3 Å². The van der Waals surface area contributed by atoms with Crippen LogP contribution in [0.25, 0.3) is 0 Å². The topological polar surface area (TPSA) is 64.6 Å². The van der Waals surface area contributed by atoms with Crippen LogP contribution in [0.15, 0.2) is 24.3 Å². The lowest BCUT2D eigenvalue weighted by atomic mass is 9.95. The number of carbonyl (C=O) groups is 2. The highest BCUT2D eigenvalue weighted by Crippen LogP contribution is 2.19. The third kappa shape index (κ3) is 6.40. The summed E-state index contributed by atoms with van der Waals surface area (Å²) in [6.45, 7) is 4.13. The Bertz CT molecular complexity index is 549. The Kier molecular flexibility index (Phi) is 7.76. The van der Waals surface area contributed by atoms with E-state index in [2.05, 4.69) is 5.32 Å². The number of hydrogen-bond acceptors (Lipinski definition) is 4. The minimum absolute atomic E-state index is 0.0505. The molecule has 1 N–H and O–H groups in total. The number of nitrogens with one attached hydrogen (secondary N) is 1. The minimum atomic E-state index is -0.668. The Morgan fingerprint density at radius 1 is 1.16 bits per heavy atom. The van der Waals surface area contributed by atoms with Gasteiger partial charge in [-0.1, -0.05) is 32.6 Å². The lowest BCUT2D eigenvalue weighted by molar-refractivity contribution is -0.151. The number of rotatable bonds is 8. The molecule has 1 aliphatic rings. The summed E-state index contributed by atoms with van der Waals surface area (Å²) in [5, 5.41) is 3.09. The van der Waals surface area contributed by atoms with Gasteiger partial charge in [-0.05, 0) is 50.5 Å². The van der Waals surface area contributed by atoms with Gasteiger partial charge in [-0.15, -0.1) is 0 Å². The molecular weight excluding hydrogens is 318 g/mol. The molecule has 1 amide bonds. The molecule has 2 rings (SSSR count). The van der Waals surface area contributed by atoms with Gasteiger partial charge in [0.2, 0.25) is 0 Å². The first-order valence-corrected chi connectivity index (χ1v) is 9.34. The number of unbranched alkanes of at least 4 members (excludes halogenated alkanes) is 1. The smallest absolute Gasteiger partial charge is 0.347 e. The highest BCUT2D eigenvalue weighted by atomic mass is 16.6. The highest BCUT2D eigenvalue weighted by molar-refractivity contribution is 5.94. The van der Waals surface area contributed by atoms with E-state index < -0.39 is 6.10 Å². The van der Waals surface area contributed by atoms with Gasteiger partial charge in [-0.3, -0.25) is 4.79 Å². The second kappa shape index (κ2) is 10.1. The number of ether oxygens (including phenoxy) is 2. The molecule has 0 radical (unpaired) electrons. The van der Waals surface area contributed by atoms with Crippen molar-refractivity contribution in [1.29, 1.82) is 0 Å². The second-order valence-electron chi connectivity index (χ2n) is 6.61. The standard InChI is InChI=1S/C20H29NO4/c1-3-4-14-24-20(23)15(2)25-18-12-10-16(11-13-18)19(22)21-17-8-6-5-7-9-17/h10-13,15,17H,3-9,14H2,1-2H3,(H,21,22). The molecule has 1 aromatic rings. The first-order valence-electron chi connectivity index (χ1n) is 9.34. The molecular formula is C20H29NO4. The van der Waals surface area contributed by atoms with Crippen LogP contribution >= 0.6 is 0 Å². The quantitative estimate of drug-likeness (QED) is 0.573. The zero-order valence-corrected chi connectivity index (χ0v) is 15.3. The van der Waals surface area contributed by atoms with Crippen molar-refractivity contribution in [3.63, 3.8) is 0 Å². The summed E-state index contributed by atoms with van der Waals surface area (Å²) in [4.78, 5) is 24.1. The molecule has 1 aromatic carbocycles. The lowest BCUT2D eigenvalue weighted by Crippen LogP contribution is -2.36. The molecule has 5 nitrogen and oxygen atoms in total. The van der Waals surface area contributed by atoms with Gasteiger partial charge < -0.3 is 14.8 Å². The van der Waals surface area contributed by atoms with E-state index in [0.717, 1.165) is 25.7 Å². The Morgan fingerprint density at radius 3 is 2.48 bits per heavy atom. The van der Waals surface area contributed by atoms with Crippen molar-refractivity contribution in [3.05, 3.63) is 29.8 Å². The number of amides is 1. The summed E-state index contributed by atoms with van der Waals surface area (Å²) < 4.78 is 10.7. The summed E-state index contributed by atoms with van der Waals surface area (Å²) in [5.41, 5.74) is 0.607. The molecule has 0 heterocycles. The van der Waals surface area contributed by atoms with Crippen molar-refractivity contribution in [3.8, 4) is 5.75 Å². The third-order valence-corrected chi connectivity index (χ3v) is 4.44. The van der Waals surface area contributed by atoms with Gasteiger partial charge >= 0.3 is 5.97 Å². The van der Waals surface area contributed by atoms with Gasteiger partial charge in [0, 0.05) is 11.6 Å². The van der Waals surface area contributed by atoms with E-state index in [9.17, 15) is 9.59 Å². The van der Waals surface area contributed by atoms with E-state index in [0.29, 0.717) is 17.9 Å². The zero-order chi connectivity index (χ0) is 18.1. The maximum absolute atomic E-state index is 12.3. The number of hydrogen-bond donors (Lipinski definition) is 1. The molecule has 1 fully saturated rings. The Labute approximate surface area is 150 Å². The fraction of sp³-hybridized carbons (Fsp3) is 0.600. The molecule has 1 unspecified atom stereocenters. The van der Waals surface area contributed by atoms with Crippen molar-refractivity contribution in [2.45, 2.75) is 70.9 Å². The van der Waals surface area contributed by atoms with E-state index >= 15 is 0 Å². The molecule has 0 spiro atoms. The molecule has 138 valence electrons. The van der Waals surface area contributed by atoms with Crippen LogP contribution in [0.5, 0.6) is 5.75 Å². The summed E-state index contributed by atoms with van der Waals surface area (Å²) in [7, 11) is 0. The molecule has 0 aromatic heterocycles. The molecule has 1 saturated carbocycles. The van der Waals surface area contributed by atoms with Crippen LogP contribution in [0, 0.1) is 0 Å². The second-order valence-corrected chi connectivity index (χ2v) is 6.61. The largest absolute Gasteiger partial charge is 0.479 e. The SMILES string of the molecule is CCCCOC(=O)C(C)Oc1ccc(C(=O)NC2CCCCC2)cc1. The average molecular weight is 347 g/mol. The maximum atomic E-state index is 12.3. The van der Waals surface area contributed by atoms with Gasteiger partial charge in [0.15, 0.2) is 6.10 Å². The number of esters is 1. The van der Waals surface area contributed by atoms with Crippen molar-refractivity contribution < 1.29 is 19.1 Å². The molecule has 0 saturated heterocycles. The van der Waals surface area contributed by atoms with Crippen molar-refractivity contribution in [1.82, 2.24) is 5.32 Å². The lowest BCUT2D eigenvalue weighted by Gasteiger charge is -2.22. The van der Waals surface area contributed by atoms with E-state index in [-0.39, 0.29) is 17.9 Å². The van der Waals surface area contributed by atoms with Crippen LogP contribution in [-0.2, 0) is 9.53 Å². The van der Waals surface area contributed by atoms with Crippen molar-refractivity contribution in [2.75, 3.05) is 6.61 Å². The van der Waals surface area contributed by atoms with Gasteiger partial charge in [-0.2, -0.15) is 0 Å². The Morgan fingerprint density at radius 2 is 1.84 bits per heavy atom. The fourth-order valence-corrected chi connectivity index (χ4v) is 2.89. The summed E-state index contributed by atoms with van der Waals surface area (Å²) in [6.07, 6.45) is 6.91. The van der Waals surface area contributed by atoms with Crippen LogP contribution in [0.3, 0.4) is 0 Å². The molecule has 1 atom stereocenters. The third-order valence-electron chi connectivity index (χ3n) is 4.44. The zero-order valence-electron chi connectivity index (χ0n) is 15.3. The maximum Gasteiger partial charge on any atom is 0.347 e. The van der Waals surface area contributed by atoms with Crippen LogP contribution < -0.4 is 10.1 Å². The van der Waals surface area contributed by atoms with Crippen LogP contribution in [-0.4, -0.2) is 30.6 Å². The van der Waals surface area contributed by atoms with Crippen LogP contribution in [0.1, 0.15) is 69.2 Å². The average Bonchev–Trinajstić information content (AvgIpc) is 2.63. The monoisotopic (exact) mass is 347 g/mol. The summed E-state index contributed by atoms with van der Waals surface area (Å²) >= 11 is 0. The van der Waals surface area contributed by atoms with Gasteiger partial charge in [0.25, 0.3) is 5.91 Å². The summed E-state index contributed by atoms with van der Waals surface area (Å²) in [5.74, 6) is 0.132. The minimum Gasteiger partial charge on any atom is -0.479 e. The highest BCUT2D eigenvalue weighted by Gasteiger charge is 2.18. The Hall–Kier alpha value is -2.04. The van der Waals surface area contributed by atoms with Crippen molar-refractivity contribution in [2.24, 2.45) is 0 Å². The number of carbonyl (C=O) groups excluding carboxylic acids is 2. The summed E-state index contributed by atoms with van der Waals surface area (Å²) in [6, 6.07) is 7.16. The molecule has 0 bridgehead atoms. The number of benzene rings is 1. The van der Waals surface area contributed by atoms with E-state index in [1.54, 1.807) is 31.2 Å². The molecule has 5 heteroatoms. The first-order chi connectivity index (χ1) is 12.1. The molecule has 1 aliphatic carbocycles. The van der Waals surface area contributed by atoms with Gasteiger partial charge in [0.05, 0.1) is 6.61 Å². The molecule has 25 heavy (non-hydrogen) atoms. The predicted molar refractivity (Wildman–Crippen MR) is 96.7 cm³/mol. The van der Waals surface area contributed by atoms with E-state index in [4.69, 9.17) is 9.47 Å². The normalized spacial score (nSPS) is 16.1. The fourth-order valence-electron chi connectivity index (χ4n) is 2.89. The van der Waals surface area contributed by atoms with Gasteiger partial charge in [-0.25, -0.2) is 4.79 Å². The van der Waals surface area contributed by atoms with Gasteiger partial charge in [0.1, 0.15) is 5.75 Å². The van der Waals surface area contributed by atoms with Crippen molar-refractivity contribution >= 4 is 11.9 Å². The van der Waals surface area contributed by atoms with E-state index in [1.807, 2.05) is 6.92 Å². The Balaban J connectivity index is 1.82. The van der Waals surface area contributed by atoms with Crippen LogP contribution in [0.2, 0.25) is 0 Å². The van der Waals surface area contributed by atoms with Crippen LogP contribution in [0.4, 0.5) is 0 Å². The molecule has 0 aliphatic heterocycles. The first kappa shape index (κ1) is 19.3.